The molecule has 4 heteroatoms. The number of benzene rings is 7. The molecule has 0 spiro atoms. The minimum absolute atomic E-state index is 0.839. The van der Waals surface area contributed by atoms with E-state index < -0.39 is 0 Å². The van der Waals surface area contributed by atoms with Gasteiger partial charge >= 0.3 is 0 Å². The molecular weight excluding hydrogens is 657 g/mol. The van der Waals surface area contributed by atoms with Crippen LogP contribution in [-0.2, 0) is 0 Å². The maximum absolute atomic E-state index is 3.57. The van der Waals surface area contributed by atoms with E-state index in [4.69, 9.17) is 0 Å². The van der Waals surface area contributed by atoms with Crippen molar-refractivity contribution < 1.29 is 0 Å². The number of hydrogen-bond donors (Lipinski definition) is 1. The third-order valence-electron chi connectivity index (χ3n) is 9.90. The van der Waals surface area contributed by atoms with Gasteiger partial charge in [0.05, 0.1) is 11.0 Å². The van der Waals surface area contributed by atoms with Gasteiger partial charge in [0.1, 0.15) is 0 Å². The quantitative estimate of drug-likeness (QED) is 0.199. The fraction of sp³-hybridized carbons (Fsp3) is 0.0213. The van der Waals surface area contributed by atoms with Crippen molar-refractivity contribution in [2.45, 2.75) is 19.6 Å². The van der Waals surface area contributed by atoms with E-state index in [0.717, 1.165) is 12.2 Å². The smallest absolute Gasteiger partial charge is 0.0547 e. The van der Waals surface area contributed by atoms with Crippen LogP contribution >= 0.6 is 23.5 Å². The summed E-state index contributed by atoms with van der Waals surface area (Å²) in [6.45, 7) is 0.839. The molecule has 0 radical (unpaired) electrons. The van der Waals surface area contributed by atoms with Crippen LogP contribution in [0.4, 0.5) is 0 Å². The number of nitrogens with zero attached hydrogens (tertiary/aromatic N) is 1. The number of dihydropyridines is 1. The summed E-state index contributed by atoms with van der Waals surface area (Å²) < 4.78 is 2.41. The molecule has 51 heavy (non-hydrogen) atoms. The Morgan fingerprint density at radius 3 is 2.00 bits per heavy atom. The van der Waals surface area contributed by atoms with E-state index in [-0.39, 0.29) is 0 Å². The minimum Gasteiger partial charge on any atom is -0.381 e. The number of allylic oxidation sites excluding steroid dienone is 2. The van der Waals surface area contributed by atoms with Crippen LogP contribution in [0.15, 0.2) is 196 Å². The molecule has 0 fully saturated rings. The van der Waals surface area contributed by atoms with E-state index >= 15 is 0 Å². The summed E-state index contributed by atoms with van der Waals surface area (Å²) in [4.78, 5) is 5.00. The van der Waals surface area contributed by atoms with Gasteiger partial charge in [-0.2, -0.15) is 0 Å². The van der Waals surface area contributed by atoms with E-state index in [1.165, 1.54) is 86.0 Å². The van der Waals surface area contributed by atoms with Crippen LogP contribution in [0.2, 0.25) is 0 Å². The lowest BCUT2D eigenvalue weighted by atomic mass is 9.93. The van der Waals surface area contributed by atoms with Gasteiger partial charge in [0, 0.05) is 53.8 Å². The Labute approximate surface area is 306 Å². The van der Waals surface area contributed by atoms with Crippen LogP contribution in [0, 0.1) is 0 Å². The normalized spacial score (nSPS) is 13.5. The lowest BCUT2D eigenvalue weighted by Crippen LogP contribution is -2.14. The Bertz CT molecular complexity index is 2700. The van der Waals surface area contributed by atoms with E-state index in [9.17, 15) is 0 Å². The zero-order chi connectivity index (χ0) is 33.7. The average molecular weight is 689 g/mol. The molecule has 0 unspecified atom stereocenters. The van der Waals surface area contributed by atoms with Crippen LogP contribution in [0.3, 0.4) is 0 Å². The highest BCUT2D eigenvalue weighted by Crippen LogP contribution is 2.51. The second-order valence-electron chi connectivity index (χ2n) is 12.9. The Balaban J connectivity index is 1.23. The molecule has 0 amide bonds. The predicted octanol–water partition coefficient (Wildman–Crippen LogP) is 12.9. The molecule has 2 aliphatic rings. The molecule has 7 aromatic carbocycles. The molecule has 1 aromatic heterocycles. The van der Waals surface area contributed by atoms with Crippen molar-refractivity contribution in [3.63, 3.8) is 0 Å². The van der Waals surface area contributed by atoms with E-state index in [2.05, 4.69) is 186 Å². The molecule has 2 nitrogen and oxygen atoms in total. The molecule has 1 N–H and O–H groups in total. The number of rotatable bonds is 3. The number of hydrogen-bond acceptors (Lipinski definition) is 3. The van der Waals surface area contributed by atoms with Gasteiger partial charge in [-0.05, 0) is 88.0 Å². The molecule has 0 saturated carbocycles. The minimum atomic E-state index is 0.839. The molecule has 2 aliphatic heterocycles. The first kappa shape index (κ1) is 30.2. The summed E-state index contributed by atoms with van der Waals surface area (Å²) in [5, 5.41) is 6.10. The molecule has 3 heterocycles. The van der Waals surface area contributed by atoms with Gasteiger partial charge in [-0.1, -0.05) is 145 Å². The van der Waals surface area contributed by atoms with Crippen molar-refractivity contribution in [1.82, 2.24) is 9.88 Å². The lowest BCUT2D eigenvalue weighted by Gasteiger charge is -2.23. The van der Waals surface area contributed by atoms with Crippen LogP contribution in [0.1, 0.15) is 5.56 Å². The summed E-state index contributed by atoms with van der Waals surface area (Å²) in [6, 6.07) is 58.1. The van der Waals surface area contributed by atoms with Gasteiger partial charge in [-0.3, -0.25) is 0 Å². The topological polar surface area (TPSA) is 17.0 Å². The van der Waals surface area contributed by atoms with Crippen LogP contribution in [0.25, 0.3) is 66.6 Å². The SMILES string of the molecule is C1=CCNC(c2ccc3c(c2)Sc2cccc(-c4ccc5c6ccccc6n(-c6ccccc6)c5c4)c2-c2ccccc2Sc2ccccc2-3)=C1. The summed E-state index contributed by atoms with van der Waals surface area (Å²) in [5.74, 6) is 0. The lowest BCUT2D eigenvalue weighted by molar-refractivity contribution is 0.994. The Morgan fingerprint density at radius 2 is 1.14 bits per heavy atom. The standard InChI is InChI=1S/C47H32N2S2/c1-2-13-33(14-3-1)49-41-20-7-4-15-35(41)36-26-24-31(29-42(36)49)34-18-12-23-45-47(34)39-17-6-9-22-44(39)50-43-21-8-5-16-37(43)38-27-25-32(30-46(38)51-45)40-19-10-11-28-48-40/h1-27,29-30,48H,28H2. The fourth-order valence-corrected chi connectivity index (χ4v) is 9.84. The monoisotopic (exact) mass is 688 g/mol. The second kappa shape index (κ2) is 12.6. The maximum Gasteiger partial charge on any atom is 0.0547 e. The van der Waals surface area contributed by atoms with Gasteiger partial charge in [-0.25, -0.2) is 0 Å². The average Bonchev–Trinajstić information content (AvgIpc) is 3.53. The van der Waals surface area contributed by atoms with E-state index in [1.54, 1.807) is 0 Å². The number of aromatic nitrogens is 1. The third-order valence-corrected chi connectivity index (χ3v) is 12.2. The van der Waals surface area contributed by atoms with Crippen LogP contribution in [0.5, 0.6) is 0 Å². The summed E-state index contributed by atoms with van der Waals surface area (Å²) in [5.41, 5.74) is 13.4. The molecule has 0 bridgehead atoms. The Kier molecular flexibility index (Phi) is 7.44. The van der Waals surface area contributed by atoms with Crippen molar-refractivity contribution in [2.24, 2.45) is 0 Å². The number of fused-ring (bicyclic) bond motifs is 9. The first-order valence-electron chi connectivity index (χ1n) is 17.3. The van der Waals surface area contributed by atoms with Crippen molar-refractivity contribution >= 4 is 51.0 Å². The molecule has 242 valence electrons. The summed E-state index contributed by atoms with van der Waals surface area (Å²) in [6.07, 6.45) is 6.47. The molecular formula is C47H32N2S2. The summed E-state index contributed by atoms with van der Waals surface area (Å²) >= 11 is 3.74. The van der Waals surface area contributed by atoms with Gasteiger partial charge < -0.3 is 9.88 Å². The van der Waals surface area contributed by atoms with Crippen molar-refractivity contribution in [3.05, 3.63) is 182 Å². The zero-order valence-electron chi connectivity index (χ0n) is 27.7. The van der Waals surface area contributed by atoms with Crippen LogP contribution in [-0.4, -0.2) is 11.1 Å². The Morgan fingerprint density at radius 1 is 0.471 bits per heavy atom. The van der Waals surface area contributed by atoms with E-state index in [1.807, 2.05) is 23.5 Å². The van der Waals surface area contributed by atoms with Gasteiger partial charge in [0.2, 0.25) is 0 Å². The first-order valence-corrected chi connectivity index (χ1v) is 19.0. The molecule has 10 rings (SSSR count). The maximum atomic E-state index is 3.57. The molecule has 0 saturated heterocycles. The number of nitrogens with one attached hydrogen (secondary N) is 1. The highest BCUT2D eigenvalue weighted by atomic mass is 32.2. The van der Waals surface area contributed by atoms with E-state index in [0.29, 0.717) is 0 Å². The highest BCUT2D eigenvalue weighted by molar-refractivity contribution is 8.00. The van der Waals surface area contributed by atoms with Gasteiger partial charge in [0.15, 0.2) is 0 Å². The van der Waals surface area contributed by atoms with Crippen LogP contribution < -0.4 is 5.32 Å². The molecule has 0 aliphatic carbocycles. The van der Waals surface area contributed by atoms with Gasteiger partial charge in [-0.15, -0.1) is 0 Å². The van der Waals surface area contributed by atoms with Crippen molar-refractivity contribution in [3.8, 4) is 39.1 Å². The fourth-order valence-electron chi connectivity index (χ4n) is 7.56. The highest BCUT2D eigenvalue weighted by Gasteiger charge is 2.23. The van der Waals surface area contributed by atoms with Gasteiger partial charge in [0.25, 0.3) is 0 Å². The number of para-hydroxylation sites is 2. The van der Waals surface area contributed by atoms with Crippen molar-refractivity contribution in [1.29, 1.82) is 0 Å². The second-order valence-corrected chi connectivity index (χ2v) is 15.1. The zero-order valence-corrected chi connectivity index (χ0v) is 29.3. The first-order chi connectivity index (χ1) is 25.3. The third kappa shape index (κ3) is 5.22. The largest absolute Gasteiger partial charge is 0.381 e. The molecule has 8 aromatic rings. The predicted molar refractivity (Wildman–Crippen MR) is 217 cm³/mol. The Hall–Kier alpha value is -5.68. The summed E-state index contributed by atoms with van der Waals surface area (Å²) in [7, 11) is 0. The van der Waals surface area contributed by atoms with Crippen molar-refractivity contribution in [2.75, 3.05) is 6.54 Å². The molecule has 0 atom stereocenters.